The van der Waals surface area contributed by atoms with Crippen molar-refractivity contribution in [2.45, 2.75) is 13.8 Å². The highest BCUT2D eigenvalue weighted by Crippen LogP contribution is 2.20. The van der Waals surface area contributed by atoms with Crippen molar-refractivity contribution in [1.82, 2.24) is 25.3 Å². The molecule has 0 unspecified atom stereocenters. The van der Waals surface area contributed by atoms with Crippen LogP contribution in [-0.2, 0) is 0 Å². The lowest BCUT2D eigenvalue weighted by atomic mass is 10.2. The van der Waals surface area contributed by atoms with Crippen molar-refractivity contribution in [2.24, 2.45) is 5.92 Å². The van der Waals surface area contributed by atoms with Crippen molar-refractivity contribution in [2.75, 3.05) is 45.9 Å². The number of hydrogen-bond acceptors (Lipinski definition) is 5. The zero-order valence-electron chi connectivity index (χ0n) is 16.1. The molecule has 1 saturated heterocycles. The quantitative estimate of drug-likeness (QED) is 0.737. The zero-order valence-corrected chi connectivity index (χ0v) is 16.1. The molecule has 146 valence electrons. The van der Waals surface area contributed by atoms with Gasteiger partial charge in [0.1, 0.15) is 0 Å². The van der Waals surface area contributed by atoms with Crippen molar-refractivity contribution >= 4 is 5.91 Å². The summed E-state index contributed by atoms with van der Waals surface area (Å²) in [6, 6.07) is 9.74. The largest absolute Gasteiger partial charge is 0.489 e. The molecule has 7 nitrogen and oxygen atoms in total. The summed E-state index contributed by atoms with van der Waals surface area (Å²) in [7, 11) is 0. The standard InChI is InChI=1S/C20H29N5O2/c1-16(2)15-27-18-14-25(17-6-4-3-5-7-17)23-19(18)20(26)22-10-13-24-11-8-21-9-12-24/h3-7,14,16,21H,8-13,15H2,1-2H3,(H,22,26). The summed E-state index contributed by atoms with van der Waals surface area (Å²) in [5, 5.41) is 10.8. The third-order valence-corrected chi connectivity index (χ3v) is 4.41. The van der Waals surface area contributed by atoms with Crippen molar-refractivity contribution in [3.05, 3.63) is 42.2 Å². The Morgan fingerprint density at radius 2 is 2.00 bits per heavy atom. The maximum absolute atomic E-state index is 12.7. The van der Waals surface area contributed by atoms with E-state index >= 15 is 0 Å². The number of benzene rings is 1. The van der Waals surface area contributed by atoms with Gasteiger partial charge in [-0.15, -0.1) is 0 Å². The minimum atomic E-state index is -0.196. The highest BCUT2D eigenvalue weighted by atomic mass is 16.5. The van der Waals surface area contributed by atoms with Gasteiger partial charge in [-0.25, -0.2) is 4.68 Å². The van der Waals surface area contributed by atoms with Gasteiger partial charge in [0, 0.05) is 39.3 Å². The number of hydrogen-bond donors (Lipinski definition) is 2. The van der Waals surface area contributed by atoms with E-state index in [1.165, 1.54) is 0 Å². The molecular weight excluding hydrogens is 342 g/mol. The molecule has 0 radical (unpaired) electrons. The Balaban J connectivity index is 1.67. The molecule has 2 N–H and O–H groups in total. The SMILES string of the molecule is CC(C)COc1cn(-c2ccccc2)nc1C(=O)NCCN1CCNCC1. The van der Waals surface area contributed by atoms with E-state index in [0.717, 1.165) is 38.4 Å². The minimum Gasteiger partial charge on any atom is -0.489 e. The molecule has 1 aromatic heterocycles. The van der Waals surface area contributed by atoms with Crippen LogP contribution in [0.5, 0.6) is 5.75 Å². The average Bonchev–Trinajstić information content (AvgIpc) is 3.12. The maximum atomic E-state index is 12.7. The molecule has 2 aromatic rings. The number of rotatable bonds is 8. The van der Waals surface area contributed by atoms with Crippen LogP contribution in [0.15, 0.2) is 36.5 Å². The van der Waals surface area contributed by atoms with Crippen LogP contribution in [0.3, 0.4) is 0 Å². The average molecular weight is 371 g/mol. The molecule has 0 bridgehead atoms. The monoisotopic (exact) mass is 371 g/mol. The lowest BCUT2D eigenvalue weighted by Crippen LogP contribution is -2.46. The van der Waals surface area contributed by atoms with E-state index in [1.807, 2.05) is 30.3 Å². The number of nitrogens with one attached hydrogen (secondary N) is 2. The lowest BCUT2D eigenvalue weighted by Gasteiger charge is -2.27. The molecule has 1 aromatic carbocycles. The van der Waals surface area contributed by atoms with Gasteiger partial charge in [-0.05, 0) is 18.1 Å². The fourth-order valence-corrected chi connectivity index (χ4v) is 2.94. The van der Waals surface area contributed by atoms with Gasteiger partial charge < -0.3 is 15.4 Å². The topological polar surface area (TPSA) is 71.4 Å². The number of nitrogens with zero attached hydrogens (tertiary/aromatic N) is 3. The van der Waals surface area contributed by atoms with Crippen molar-refractivity contribution in [1.29, 1.82) is 0 Å². The molecule has 1 fully saturated rings. The fourth-order valence-electron chi connectivity index (χ4n) is 2.94. The second-order valence-corrected chi connectivity index (χ2v) is 7.17. The van der Waals surface area contributed by atoms with E-state index in [0.29, 0.717) is 30.5 Å². The minimum absolute atomic E-state index is 0.196. The van der Waals surface area contributed by atoms with E-state index in [-0.39, 0.29) is 5.91 Å². The predicted molar refractivity (Wildman–Crippen MR) is 106 cm³/mol. The molecule has 3 rings (SSSR count). The van der Waals surface area contributed by atoms with Gasteiger partial charge in [0.15, 0.2) is 11.4 Å². The van der Waals surface area contributed by atoms with Crippen LogP contribution in [0.4, 0.5) is 0 Å². The van der Waals surface area contributed by atoms with E-state index in [1.54, 1.807) is 10.9 Å². The number of para-hydroxylation sites is 1. The zero-order chi connectivity index (χ0) is 19.1. The van der Waals surface area contributed by atoms with Gasteiger partial charge >= 0.3 is 0 Å². The summed E-state index contributed by atoms with van der Waals surface area (Å²) in [5.74, 6) is 0.694. The van der Waals surface area contributed by atoms with Gasteiger partial charge in [-0.3, -0.25) is 9.69 Å². The molecule has 27 heavy (non-hydrogen) atoms. The Bertz CT molecular complexity index is 723. The number of aromatic nitrogens is 2. The second-order valence-electron chi connectivity index (χ2n) is 7.17. The van der Waals surface area contributed by atoms with Crippen LogP contribution in [0.1, 0.15) is 24.3 Å². The molecule has 0 saturated carbocycles. The number of carbonyl (C=O) groups is 1. The van der Waals surface area contributed by atoms with Crippen molar-refractivity contribution in [3.8, 4) is 11.4 Å². The summed E-state index contributed by atoms with van der Waals surface area (Å²) >= 11 is 0. The van der Waals surface area contributed by atoms with Crippen LogP contribution in [0, 0.1) is 5.92 Å². The molecule has 0 spiro atoms. The third-order valence-electron chi connectivity index (χ3n) is 4.41. The highest BCUT2D eigenvalue weighted by molar-refractivity contribution is 5.94. The number of piperazine rings is 1. The van der Waals surface area contributed by atoms with E-state index in [4.69, 9.17) is 4.74 Å². The van der Waals surface area contributed by atoms with Crippen LogP contribution in [-0.4, -0.2) is 66.5 Å². The smallest absolute Gasteiger partial charge is 0.275 e. The Hall–Kier alpha value is -2.38. The van der Waals surface area contributed by atoms with Crippen LogP contribution < -0.4 is 15.4 Å². The molecule has 0 atom stereocenters. The van der Waals surface area contributed by atoms with Crippen molar-refractivity contribution in [3.63, 3.8) is 0 Å². The Labute approximate surface area is 160 Å². The van der Waals surface area contributed by atoms with Crippen molar-refractivity contribution < 1.29 is 9.53 Å². The Morgan fingerprint density at radius 1 is 1.26 bits per heavy atom. The van der Waals surface area contributed by atoms with Gasteiger partial charge in [-0.1, -0.05) is 32.0 Å². The molecule has 1 amide bonds. The summed E-state index contributed by atoms with van der Waals surface area (Å²) in [6.45, 7) is 10.2. The molecule has 1 aliphatic rings. The maximum Gasteiger partial charge on any atom is 0.275 e. The lowest BCUT2D eigenvalue weighted by molar-refractivity contribution is 0.0937. The normalized spacial score (nSPS) is 15.1. The van der Waals surface area contributed by atoms with Gasteiger partial charge in [-0.2, -0.15) is 5.10 Å². The fraction of sp³-hybridized carbons (Fsp3) is 0.500. The summed E-state index contributed by atoms with van der Waals surface area (Å²) in [6.07, 6.45) is 1.78. The van der Waals surface area contributed by atoms with Crippen LogP contribution in [0.25, 0.3) is 5.69 Å². The van der Waals surface area contributed by atoms with E-state index < -0.39 is 0 Å². The molecule has 7 heteroatoms. The number of ether oxygens (including phenoxy) is 1. The van der Waals surface area contributed by atoms with E-state index in [9.17, 15) is 4.79 Å². The van der Waals surface area contributed by atoms with Crippen LogP contribution >= 0.6 is 0 Å². The van der Waals surface area contributed by atoms with Gasteiger partial charge in [0.2, 0.25) is 0 Å². The molecule has 2 heterocycles. The summed E-state index contributed by atoms with van der Waals surface area (Å²) in [4.78, 5) is 15.0. The predicted octanol–water partition coefficient (Wildman–Crippen LogP) is 1.54. The second kappa shape index (κ2) is 9.53. The highest BCUT2D eigenvalue weighted by Gasteiger charge is 2.19. The molecular formula is C20H29N5O2. The van der Waals surface area contributed by atoms with E-state index in [2.05, 4.69) is 34.5 Å². The van der Waals surface area contributed by atoms with Gasteiger partial charge in [0.25, 0.3) is 5.91 Å². The Morgan fingerprint density at radius 3 is 2.70 bits per heavy atom. The Kier molecular flexibility index (Phi) is 6.84. The first-order valence-corrected chi connectivity index (χ1v) is 9.62. The van der Waals surface area contributed by atoms with Gasteiger partial charge in [0.05, 0.1) is 18.5 Å². The molecule has 1 aliphatic heterocycles. The third kappa shape index (κ3) is 5.55. The molecule has 0 aliphatic carbocycles. The summed E-state index contributed by atoms with van der Waals surface area (Å²) < 4.78 is 7.55. The van der Waals surface area contributed by atoms with Crippen LogP contribution in [0.2, 0.25) is 0 Å². The first-order valence-electron chi connectivity index (χ1n) is 9.62. The number of amides is 1. The first kappa shape index (κ1) is 19.4. The number of carbonyl (C=O) groups excluding carboxylic acids is 1. The first-order chi connectivity index (χ1) is 13.1. The summed E-state index contributed by atoms with van der Waals surface area (Å²) in [5.41, 5.74) is 1.23.